The van der Waals surface area contributed by atoms with E-state index in [1.165, 1.54) is 24.3 Å². The van der Waals surface area contributed by atoms with E-state index in [0.717, 1.165) is 5.56 Å². The Morgan fingerprint density at radius 1 is 1.17 bits per heavy atom. The molecule has 2 aromatic carbocycles. The normalized spacial score (nSPS) is 10.4. The van der Waals surface area contributed by atoms with Gasteiger partial charge < -0.3 is 5.11 Å². The molecule has 0 heterocycles. The Bertz CT molecular complexity index is 623. The van der Waals surface area contributed by atoms with Gasteiger partial charge in [-0.05, 0) is 42.3 Å². The zero-order valence-electron chi connectivity index (χ0n) is 9.58. The first-order valence-electron chi connectivity index (χ1n) is 5.28. The van der Waals surface area contributed by atoms with Crippen molar-refractivity contribution < 1.29 is 14.3 Å². The monoisotopic (exact) mass is 264 g/mol. The number of carbonyl (C=O) groups is 1. The van der Waals surface area contributed by atoms with Crippen molar-refractivity contribution >= 4 is 17.6 Å². The van der Waals surface area contributed by atoms with Crippen LogP contribution >= 0.6 is 11.6 Å². The van der Waals surface area contributed by atoms with Gasteiger partial charge in [0.2, 0.25) is 0 Å². The fourth-order valence-electron chi connectivity index (χ4n) is 1.75. The van der Waals surface area contributed by atoms with Crippen LogP contribution < -0.4 is 0 Å². The number of carboxylic acids is 1. The molecule has 2 nitrogen and oxygen atoms in total. The third-order valence-electron chi connectivity index (χ3n) is 2.71. The number of hydrogen-bond donors (Lipinski definition) is 1. The minimum atomic E-state index is -1.04. The summed E-state index contributed by atoms with van der Waals surface area (Å²) < 4.78 is 13.2. The van der Waals surface area contributed by atoms with Gasteiger partial charge in [-0.15, -0.1) is 0 Å². The molecule has 0 radical (unpaired) electrons. The van der Waals surface area contributed by atoms with Gasteiger partial charge in [-0.3, -0.25) is 0 Å². The molecule has 0 amide bonds. The fraction of sp³-hybridized carbons (Fsp3) is 0.0714. The summed E-state index contributed by atoms with van der Waals surface area (Å²) in [7, 11) is 0. The third kappa shape index (κ3) is 2.36. The first-order chi connectivity index (χ1) is 8.49. The highest BCUT2D eigenvalue weighted by Gasteiger charge is 2.11. The van der Waals surface area contributed by atoms with Gasteiger partial charge in [0.05, 0.1) is 5.56 Å². The first-order valence-corrected chi connectivity index (χ1v) is 5.66. The smallest absolute Gasteiger partial charge is 0.335 e. The Morgan fingerprint density at radius 3 is 2.50 bits per heavy atom. The van der Waals surface area contributed by atoms with Crippen molar-refractivity contribution in [3.63, 3.8) is 0 Å². The molecule has 18 heavy (non-hydrogen) atoms. The van der Waals surface area contributed by atoms with Gasteiger partial charge in [-0.1, -0.05) is 23.7 Å². The van der Waals surface area contributed by atoms with Crippen LogP contribution in [0.25, 0.3) is 11.1 Å². The molecule has 0 spiro atoms. The van der Waals surface area contributed by atoms with E-state index in [0.29, 0.717) is 16.1 Å². The molecular formula is C14H10ClFO2. The van der Waals surface area contributed by atoms with Crippen molar-refractivity contribution in [2.75, 3.05) is 0 Å². The lowest BCUT2D eigenvalue weighted by Gasteiger charge is -2.09. The van der Waals surface area contributed by atoms with Gasteiger partial charge in [0.15, 0.2) is 0 Å². The number of rotatable bonds is 2. The largest absolute Gasteiger partial charge is 0.478 e. The molecule has 0 saturated carbocycles. The lowest BCUT2D eigenvalue weighted by atomic mass is 9.99. The van der Waals surface area contributed by atoms with Crippen molar-refractivity contribution in [3.05, 3.63) is 58.4 Å². The highest BCUT2D eigenvalue weighted by molar-refractivity contribution is 6.33. The van der Waals surface area contributed by atoms with Gasteiger partial charge in [0.25, 0.3) is 0 Å². The van der Waals surface area contributed by atoms with Crippen LogP contribution in [-0.4, -0.2) is 11.1 Å². The van der Waals surface area contributed by atoms with E-state index in [9.17, 15) is 9.18 Å². The number of hydrogen-bond acceptors (Lipinski definition) is 1. The van der Waals surface area contributed by atoms with E-state index in [1.807, 2.05) is 6.92 Å². The molecule has 2 rings (SSSR count). The lowest BCUT2D eigenvalue weighted by Crippen LogP contribution is -1.96. The van der Waals surface area contributed by atoms with Gasteiger partial charge in [-0.25, -0.2) is 9.18 Å². The third-order valence-corrected chi connectivity index (χ3v) is 3.02. The molecule has 2 aromatic rings. The molecule has 0 atom stereocenters. The zero-order chi connectivity index (χ0) is 13.3. The van der Waals surface area contributed by atoms with E-state index < -0.39 is 5.97 Å². The van der Waals surface area contributed by atoms with Crippen LogP contribution in [0.2, 0.25) is 5.02 Å². The standard InChI is InChI=1S/C14H10ClFO2/c1-8-2-4-10(16)7-12(8)11-5-3-9(14(17)18)6-13(11)15/h2-7H,1H3,(H,17,18). The maximum absolute atomic E-state index is 13.2. The average Bonchev–Trinajstić information content (AvgIpc) is 2.32. The summed E-state index contributed by atoms with van der Waals surface area (Å²) in [6.07, 6.45) is 0. The molecule has 0 aromatic heterocycles. The molecule has 0 aliphatic carbocycles. The summed E-state index contributed by atoms with van der Waals surface area (Å²) in [5.74, 6) is -1.40. The van der Waals surface area contributed by atoms with Gasteiger partial charge in [-0.2, -0.15) is 0 Å². The van der Waals surface area contributed by atoms with Gasteiger partial charge in [0, 0.05) is 10.6 Å². The Labute approximate surface area is 109 Å². The van der Waals surface area contributed by atoms with Crippen LogP contribution in [0.4, 0.5) is 4.39 Å². The average molecular weight is 265 g/mol. The maximum atomic E-state index is 13.2. The van der Waals surface area contributed by atoms with Crippen LogP contribution in [0.5, 0.6) is 0 Å². The molecular weight excluding hydrogens is 255 g/mol. The highest BCUT2D eigenvalue weighted by Crippen LogP contribution is 2.31. The molecule has 4 heteroatoms. The second-order valence-corrected chi connectivity index (χ2v) is 4.37. The summed E-state index contributed by atoms with van der Waals surface area (Å²) in [5.41, 5.74) is 2.27. The number of carboxylic acid groups (broad SMARTS) is 1. The number of benzene rings is 2. The van der Waals surface area contributed by atoms with Crippen molar-refractivity contribution in [2.45, 2.75) is 6.92 Å². The number of aromatic carboxylic acids is 1. The molecule has 0 unspecified atom stereocenters. The molecule has 0 aliphatic heterocycles. The van der Waals surface area contributed by atoms with Crippen LogP contribution in [-0.2, 0) is 0 Å². The summed E-state index contributed by atoms with van der Waals surface area (Å²) in [6, 6.07) is 8.83. The van der Waals surface area contributed by atoms with Crippen molar-refractivity contribution in [3.8, 4) is 11.1 Å². The van der Waals surface area contributed by atoms with Gasteiger partial charge >= 0.3 is 5.97 Å². The van der Waals surface area contributed by atoms with E-state index in [1.54, 1.807) is 12.1 Å². The number of aryl methyl sites for hydroxylation is 1. The second-order valence-electron chi connectivity index (χ2n) is 3.96. The van der Waals surface area contributed by atoms with Crippen molar-refractivity contribution in [1.29, 1.82) is 0 Å². The lowest BCUT2D eigenvalue weighted by molar-refractivity contribution is 0.0697. The first kappa shape index (κ1) is 12.6. The van der Waals surface area contributed by atoms with Crippen LogP contribution in [0, 0.1) is 12.7 Å². The van der Waals surface area contributed by atoms with Crippen molar-refractivity contribution in [2.24, 2.45) is 0 Å². The minimum Gasteiger partial charge on any atom is -0.478 e. The topological polar surface area (TPSA) is 37.3 Å². The Morgan fingerprint density at radius 2 is 1.89 bits per heavy atom. The predicted octanol–water partition coefficient (Wildman–Crippen LogP) is 4.15. The van der Waals surface area contributed by atoms with Crippen LogP contribution in [0.15, 0.2) is 36.4 Å². The van der Waals surface area contributed by atoms with Crippen LogP contribution in [0.1, 0.15) is 15.9 Å². The Balaban J connectivity index is 2.58. The van der Waals surface area contributed by atoms with E-state index >= 15 is 0 Å². The van der Waals surface area contributed by atoms with Gasteiger partial charge in [0.1, 0.15) is 5.82 Å². The molecule has 0 saturated heterocycles. The summed E-state index contributed by atoms with van der Waals surface area (Å²) in [4.78, 5) is 10.8. The summed E-state index contributed by atoms with van der Waals surface area (Å²) in [5, 5.41) is 9.15. The van der Waals surface area contributed by atoms with E-state index in [-0.39, 0.29) is 11.4 Å². The zero-order valence-corrected chi connectivity index (χ0v) is 10.3. The van der Waals surface area contributed by atoms with Crippen molar-refractivity contribution in [1.82, 2.24) is 0 Å². The number of halogens is 2. The molecule has 0 fully saturated rings. The summed E-state index contributed by atoms with van der Waals surface area (Å²) >= 11 is 6.05. The molecule has 1 N–H and O–H groups in total. The predicted molar refractivity (Wildman–Crippen MR) is 68.5 cm³/mol. The van der Waals surface area contributed by atoms with E-state index in [2.05, 4.69) is 0 Å². The quantitative estimate of drug-likeness (QED) is 0.885. The van der Waals surface area contributed by atoms with Crippen LogP contribution in [0.3, 0.4) is 0 Å². The SMILES string of the molecule is Cc1ccc(F)cc1-c1ccc(C(=O)O)cc1Cl. The highest BCUT2D eigenvalue weighted by atomic mass is 35.5. The minimum absolute atomic E-state index is 0.109. The van der Waals surface area contributed by atoms with E-state index in [4.69, 9.17) is 16.7 Å². The second kappa shape index (κ2) is 4.78. The Kier molecular flexibility index (Phi) is 3.34. The Hall–Kier alpha value is -1.87. The maximum Gasteiger partial charge on any atom is 0.335 e. The summed E-state index contributed by atoms with van der Waals surface area (Å²) in [6.45, 7) is 1.84. The molecule has 0 aliphatic rings. The fourth-order valence-corrected chi connectivity index (χ4v) is 2.03. The molecule has 92 valence electrons. The molecule has 0 bridgehead atoms.